The number of carboxylic acid groups (broad SMARTS) is 1. The summed E-state index contributed by atoms with van der Waals surface area (Å²) >= 11 is 0. The van der Waals surface area contributed by atoms with Crippen LogP contribution in [0.25, 0.3) is 0 Å². The molecule has 1 aliphatic carbocycles. The molecule has 0 radical (unpaired) electrons. The highest BCUT2D eigenvalue weighted by atomic mass is 17.3. The normalized spacial score (nSPS) is 40.9. The van der Waals surface area contributed by atoms with Crippen LogP contribution in [0.3, 0.4) is 0 Å². The van der Waals surface area contributed by atoms with E-state index in [1.54, 1.807) is 24.3 Å². The van der Waals surface area contributed by atoms with Gasteiger partial charge in [0.25, 0.3) is 0 Å². The summed E-state index contributed by atoms with van der Waals surface area (Å²) in [7, 11) is 0. The predicted octanol–water partition coefficient (Wildman–Crippen LogP) is 4.31. The standard InChI is InChI=1S/C26H36O8/c1-16-5-10-21-17(2)23(31-24-26(21)20(16)11-12-25(3,32-24)33-34-26)30-14-4-13-29-19-8-6-18(7-9-19)15-22(27)28/h6-9,16-17,20-21,23-24H,4-5,10-15H2,1-3H3,(H,27,28)/t16-,17-,20?,21+,23+,24-,25-,26-/m1/s1. The molecule has 6 rings (SSSR count). The van der Waals surface area contributed by atoms with Crippen molar-refractivity contribution in [1.29, 1.82) is 0 Å². The molecular formula is C26H36O8. The summed E-state index contributed by atoms with van der Waals surface area (Å²) < 4.78 is 24.8. The van der Waals surface area contributed by atoms with Gasteiger partial charge >= 0.3 is 5.97 Å². The van der Waals surface area contributed by atoms with Crippen LogP contribution >= 0.6 is 0 Å². The van der Waals surface area contributed by atoms with Gasteiger partial charge in [-0.15, -0.1) is 0 Å². The van der Waals surface area contributed by atoms with Gasteiger partial charge in [0.2, 0.25) is 5.79 Å². The highest BCUT2D eigenvalue weighted by molar-refractivity contribution is 5.70. The molecule has 0 amide bonds. The molecular weight excluding hydrogens is 440 g/mol. The number of carboxylic acids is 1. The molecule has 5 fully saturated rings. The van der Waals surface area contributed by atoms with Gasteiger partial charge in [-0.1, -0.05) is 26.0 Å². The minimum absolute atomic E-state index is 0.0106. The Hall–Kier alpha value is -1.71. The quantitative estimate of drug-likeness (QED) is 0.438. The number of rotatable bonds is 8. The topological polar surface area (TPSA) is 92.7 Å². The Morgan fingerprint density at radius 3 is 2.65 bits per heavy atom. The number of carbonyl (C=O) groups is 1. The van der Waals surface area contributed by atoms with E-state index < -0.39 is 23.6 Å². The second-order valence-corrected chi connectivity index (χ2v) is 10.6. The van der Waals surface area contributed by atoms with Crippen molar-refractivity contribution >= 4 is 5.97 Å². The van der Waals surface area contributed by atoms with Gasteiger partial charge in [-0.25, -0.2) is 9.78 Å². The van der Waals surface area contributed by atoms with Crippen LogP contribution in [0.2, 0.25) is 0 Å². The molecule has 1 saturated carbocycles. The first-order chi connectivity index (χ1) is 16.3. The molecule has 34 heavy (non-hydrogen) atoms. The van der Waals surface area contributed by atoms with Crippen molar-refractivity contribution in [2.75, 3.05) is 13.2 Å². The number of benzene rings is 1. The summed E-state index contributed by atoms with van der Waals surface area (Å²) in [5.41, 5.74) is 0.185. The lowest BCUT2D eigenvalue weighted by atomic mass is 9.58. The molecule has 4 saturated heterocycles. The number of fused-ring (bicyclic) bond motifs is 2. The first kappa shape index (κ1) is 24.0. The Morgan fingerprint density at radius 2 is 1.88 bits per heavy atom. The lowest BCUT2D eigenvalue weighted by Gasteiger charge is -2.60. The SMILES string of the molecule is C[C@H]1[C@@H](OCCCOc2ccc(CC(=O)O)cc2)O[C@@H]2O[C@@]3(C)CCC4[C@H](C)CC[C@@H]1[C@]42OO3. The van der Waals surface area contributed by atoms with E-state index in [2.05, 4.69) is 13.8 Å². The molecule has 1 spiro atoms. The molecule has 4 aliphatic heterocycles. The van der Waals surface area contributed by atoms with E-state index in [4.69, 9.17) is 33.8 Å². The third-order valence-corrected chi connectivity index (χ3v) is 8.22. The first-order valence-corrected chi connectivity index (χ1v) is 12.6. The summed E-state index contributed by atoms with van der Waals surface area (Å²) in [5, 5.41) is 8.87. The Balaban J connectivity index is 1.16. The fourth-order valence-electron chi connectivity index (χ4n) is 6.39. The van der Waals surface area contributed by atoms with Crippen molar-refractivity contribution in [2.45, 2.75) is 83.3 Å². The molecule has 4 heterocycles. The van der Waals surface area contributed by atoms with E-state index in [0.29, 0.717) is 37.2 Å². The Labute approximate surface area is 200 Å². The summed E-state index contributed by atoms with van der Waals surface area (Å²) in [6, 6.07) is 7.15. The molecule has 1 unspecified atom stereocenters. The van der Waals surface area contributed by atoms with E-state index in [1.807, 2.05) is 6.92 Å². The van der Waals surface area contributed by atoms with Gasteiger partial charge in [-0.2, -0.15) is 0 Å². The van der Waals surface area contributed by atoms with Crippen molar-refractivity contribution in [1.82, 2.24) is 0 Å². The largest absolute Gasteiger partial charge is 0.494 e. The van der Waals surface area contributed by atoms with Crippen LogP contribution in [-0.4, -0.2) is 48.3 Å². The fraction of sp³-hybridized carbons (Fsp3) is 0.731. The predicted molar refractivity (Wildman–Crippen MR) is 121 cm³/mol. The zero-order valence-corrected chi connectivity index (χ0v) is 20.2. The molecule has 188 valence electrons. The minimum atomic E-state index is -0.843. The van der Waals surface area contributed by atoms with Crippen LogP contribution in [0.1, 0.15) is 58.4 Å². The molecule has 1 aromatic carbocycles. The zero-order chi connectivity index (χ0) is 23.9. The lowest BCUT2D eigenvalue weighted by molar-refractivity contribution is -0.577. The number of hydrogen-bond donors (Lipinski definition) is 1. The molecule has 8 atom stereocenters. The monoisotopic (exact) mass is 476 g/mol. The lowest BCUT2D eigenvalue weighted by Crippen LogP contribution is -2.70. The van der Waals surface area contributed by atoms with Gasteiger partial charge < -0.3 is 24.1 Å². The third-order valence-electron chi connectivity index (χ3n) is 8.22. The molecule has 1 aromatic rings. The van der Waals surface area contributed by atoms with Gasteiger partial charge in [0.1, 0.15) is 5.75 Å². The summed E-state index contributed by atoms with van der Waals surface area (Å²) in [6.45, 7) is 7.43. The van der Waals surface area contributed by atoms with Crippen molar-refractivity contribution < 1.29 is 38.6 Å². The van der Waals surface area contributed by atoms with E-state index in [0.717, 1.165) is 24.8 Å². The first-order valence-electron chi connectivity index (χ1n) is 12.6. The van der Waals surface area contributed by atoms with Crippen LogP contribution in [0.4, 0.5) is 0 Å². The van der Waals surface area contributed by atoms with Gasteiger partial charge in [0.15, 0.2) is 18.2 Å². The van der Waals surface area contributed by atoms with Gasteiger partial charge in [-0.05, 0) is 55.7 Å². The second-order valence-electron chi connectivity index (χ2n) is 10.6. The fourth-order valence-corrected chi connectivity index (χ4v) is 6.39. The van der Waals surface area contributed by atoms with Crippen molar-refractivity contribution in [3.05, 3.63) is 29.8 Å². The van der Waals surface area contributed by atoms with Gasteiger partial charge in [0, 0.05) is 24.7 Å². The summed E-state index contributed by atoms with van der Waals surface area (Å²) in [4.78, 5) is 22.8. The third kappa shape index (κ3) is 4.35. The Kier molecular flexibility index (Phi) is 6.63. The maximum atomic E-state index is 10.8. The summed E-state index contributed by atoms with van der Waals surface area (Å²) in [6.07, 6.45) is 3.89. The van der Waals surface area contributed by atoms with Crippen molar-refractivity contribution in [3.8, 4) is 5.75 Å². The molecule has 8 heteroatoms. The highest BCUT2D eigenvalue weighted by Gasteiger charge is 2.69. The van der Waals surface area contributed by atoms with Gasteiger partial charge in [0.05, 0.1) is 19.6 Å². The molecule has 0 aromatic heterocycles. The maximum absolute atomic E-state index is 10.8. The van der Waals surface area contributed by atoms with Crippen LogP contribution in [-0.2, 0) is 35.2 Å². The van der Waals surface area contributed by atoms with Crippen molar-refractivity contribution in [2.24, 2.45) is 23.7 Å². The number of ether oxygens (including phenoxy) is 4. The van der Waals surface area contributed by atoms with Crippen LogP contribution in [0.5, 0.6) is 5.75 Å². The van der Waals surface area contributed by atoms with Crippen molar-refractivity contribution in [3.63, 3.8) is 0 Å². The molecule has 2 bridgehead atoms. The highest BCUT2D eigenvalue weighted by Crippen LogP contribution is 2.60. The van der Waals surface area contributed by atoms with E-state index in [1.165, 1.54) is 6.42 Å². The average Bonchev–Trinajstić information content (AvgIpc) is 3.03. The van der Waals surface area contributed by atoms with E-state index >= 15 is 0 Å². The Bertz CT molecular complexity index is 874. The maximum Gasteiger partial charge on any atom is 0.307 e. The minimum Gasteiger partial charge on any atom is -0.494 e. The van der Waals surface area contributed by atoms with Gasteiger partial charge in [-0.3, -0.25) is 4.79 Å². The van der Waals surface area contributed by atoms with E-state index in [-0.39, 0.29) is 24.5 Å². The molecule has 8 nitrogen and oxygen atoms in total. The van der Waals surface area contributed by atoms with Crippen LogP contribution in [0.15, 0.2) is 24.3 Å². The average molecular weight is 477 g/mol. The second kappa shape index (κ2) is 9.39. The molecule has 5 aliphatic rings. The Morgan fingerprint density at radius 1 is 1.09 bits per heavy atom. The molecule has 1 N–H and O–H groups in total. The summed E-state index contributed by atoms with van der Waals surface area (Å²) in [5.74, 6) is 0.383. The zero-order valence-electron chi connectivity index (χ0n) is 20.2. The smallest absolute Gasteiger partial charge is 0.307 e. The number of hydrogen-bond acceptors (Lipinski definition) is 7. The van der Waals surface area contributed by atoms with Crippen LogP contribution < -0.4 is 4.74 Å². The van der Waals surface area contributed by atoms with E-state index in [9.17, 15) is 4.79 Å². The van der Waals surface area contributed by atoms with Crippen LogP contribution in [0, 0.1) is 23.7 Å². The number of aliphatic carboxylic acids is 1.